The zero-order valence-corrected chi connectivity index (χ0v) is 17.0. The number of benzene rings is 3. The van der Waals surface area contributed by atoms with Gasteiger partial charge < -0.3 is 10.5 Å². The van der Waals surface area contributed by atoms with E-state index in [1.807, 2.05) is 24.3 Å². The summed E-state index contributed by atoms with van der Waals surface area (Å²) >= 11 is 9.36. The van der Waals surface area contributed by atoms with Crippen molar-refractivity contribution in [1.82, 2.24) is 0 Å². The van der Waals surface area contributed by atoms with Crippen molar-refractivity contribution in [3.05, 3.63) is 87.9 Å². The van der Waals surface area contributed by atoms with E-state index in [0.29, 0.717) is 16.4 Å². The maximum atomic E-state index is 13.0. The Morgan fingerprint density at radius 2 is 1.50 bits per heavy atom. The van der Waals surface area contributed by atoms with E-state index in [1.54, 1.807) is 48.5 Å². The fraction of sp³-hybridized carbons (Fsp3) is 0.0476. The molecule has 0 atom stereocenters. The molecule has 0 spiro atoms. The number of hydrogen-bond acceptors (Lipinski definition) is 3. The molecule has 0 aliphatic rings. The van der Waals surface area contributed by atoms with Crippen molar-refractivity contribution in [2.24, 2.45) is 5.73 Å². The molecular weight excluding hydrogens is 444 g/mol. The number of para-hydroxylation sites is 1. The predicted molar refractivity (Wildman–Crippen MR) is 113 cm³/mol. The topological polar surface area (TPSA) is 72.6 Å². The minimum absolute atomic E-state index is 0.219. The third kappa shape index (κ3) is 4.71. The van der Waals surface area contributed by atoms with Crippen LogP contribution in [0.2, 0.25) is 5.02 Å². The third-order valence-corrected chi connectivity index (χ3v) is 4.70. The zero-order chi connectivity index (χ0) is 20.1. The molecule has 0 saturated carbocycles. The van der Waals surface area contributed by atoms with Crippen molar-refractivity contribution < 1.29 is 14.3 Å². The Hall–Kier alpha value is -2.83. The molecule has 3 rings (SSSR count). The first-order valence-corrected chi connectivity index (χ1v) is 9.48. The summed E-state index contributed by atoms with van der Waals surface area (Å²) in [6.07, 6.45) is 0. The van der Waals surface area contributed by atoms with E-state index in [0.717, 1.165) is 4.47 Å². The highest BCUT2D eigenvalue weighted by atomic mass is 79.9. The Kier molecular flexibility index (Phi) is 6.34. The fourth-order valence-corrected chi connectivity index (χ4v) is 3.01. The molecule has 3 aromatic rings. The van der Waals surface area contributed by atoms with Gasteiger partial charge in [-0.15, -0.1) is 0 Å². The van der Waals surface area contributed by atoms with Crippen LogP contribution in [0.15, 0.2) is 77.3 Å². The molecule has 0 aliphatic heterocycles. The molecular formula is C21H16BrClN2O3. The van der Waals surface area contributed by atoms with Gasteiger partial charge in [-0.1, -0.05) is 39.7 Å². The largest absolute Gasteiger partial charge is 0.483 e. The van der Waals surface area contributed by atoms with Gasteiger partial charge >= 0.3 is 0 Å². The van der Waals surface area contributed by atoms with Crippen LogP contribution in [-0.2, 0) is 4.79 Å². The maximum absolute atomic E-state index is 13.0. The Balaban J connectivity index is 1.88. The fourth-order valence-electron chi connectivity index (χ4n) is 2.62. The summed E-state index contributed by atoms with van der Waals surface area (Å²) in [4.78, 5) is 26.1. The van der Waals surface area contributed by atoms with Crippen LogP contribution in [0.3, 0.4) is 0 Å². The number of anilines is 2. The van der Waals surface area contributed by atoms with Gasteiger partial charge in [0.15, 0.2) is 6.61 Å². The van der Waals surface area contributed by atoms with Crippen LogP contribution >= 0.6 is 27.5 Å². The molecule has 0 saturated heterocycles. The molecule has 7 heteroatoms. The molecule has 0 aromatic heterocycles. The van der Waals surface area contributed by atoms with Gasteiger partial charge in [0.1, 0.15) is 5.75 Å². The lowest BCUT2D eigenvalue weighted by Crippen LogP contribution is -2.31. The molecule has 3 aromatic carbocycles. The summed E-state index contributed by atoms with van der Waals surface area (Å²) in [6, 6.07) is 20.8. The first-order chi connectivity index (χ1) is 13.5. The number of nitrogens with zero attached hydrogens (tertiary/aromatic N) is 1. The van der Waals surface area contributed by atoms with Crippen molar-refractivity contribution in [3.63, 3.8) is 0 Å². The van der Waals surface area contributed by atoms with Crippen LogP contribution in [0.4, 0.5) is 11.4 Å². The normalized spacial score (nSPS) is 10.4. The SMILES string of the molecule is NC(=O)c1ccccc1OCC(=O)N(c1ccc(Cl)cc1)c1ccc(Br)cc1. The average Bonchev–Trinajstić information content (AvgIpc) is 2.69. The number of ether oxygens (including phenoxy) is 1. The van der Waals surface area contributed by atoms with Crippen LogP contribution < -0.4 is 15.4 Å². The standard InChI is InChI=1S/C21H16BrClN2O3/c22-14-5-9-16(10-6-14)25(17-11-7-15(23)8-12-17)20(26)13-28-19-4-2-1-3-18(19)21(24)27/h1-12H,13H2,(H2,24,27). The molecule has 0 radical (unpaired) electrons. The Bertz CT molecular complexity index is 946. The number of halogens is 2. The van der Waals surface area contributed by atoms with Gasteiger partial charge in [-0.05, 0) is 60.7 Å². The highest BCUT2D eigenvalue weighted by molar-refractivity contribution is 9.10. The number of primary amides is 1. The second-order valence-electron chi connectivity index (χ2n) is 5.83. The predicted octanol–water partition coefficient (Wildman–Crippen LogP) is 4.95. The maximum Gasteiger partial charge on any atom is 0.269 e. The van der Waals surface area contributed by atoms with Crippen molar-refractivity contribution in [3.8, 4) is 5.75 Å². The van der Waals surface area contributed by atoms with E-state index in [4.69, 9.17) is 22.1 Å². The quantitative estimate of drug-likeness (QED) is 0.567. The van der Waals surface area contributed by atoms with Crippen LogP contribution in [0.25, 0.3) is 0 Å². The van der Waals surface area contributed by atoms with E-state index in [9.17, 15) is 9.59 Å². The van der Waals surface area contributed by atoms with Gasteiger partial charge in [0, 0.05) is 20.9 Å². The third-order valence-electron chi connectivity index (χ3n) is 3.92. The van der Waals surface area contributed by atoms with Crippen LogP contribution in [0.1, 0.15) is 10.4 Å². The number of carbonyl (C=O) groups excluding carboxylic acids is 2. The molecule has 5 nitrogen and oxygen atoms in total. The number of rotatable bonds is 6. The summed E-state index contributed by atoms with van der Waals surface area (Å²) in [7, 11) is 0. The number of nitrogens with two attached hydrogens (primary N) is 1. The lowest BCUT2D eigenvalue weighted by Gasteiger charge is -2.23. The molecule has 28 heavy (non-hydrogen) atoms. The molecule has 2 amide bonds. The van der Waals surface area contributed by atoms with Gasteiger partial charge in [-0.3, -0.25) is 14.5 Å². The second kappa shape index (κ2) is 8.91. The summed E-state index contributed by atoms with van der Waals surface area (Å²) in [5.41, 5.74) is 6.89. The van der Waals surface area contributed by atoms with Gasteiger partial charge in [-0.25, -0.2) is 0 Å². The van der Waals surface area contributed by atoms with Crippen LogP contribution in [0, 0.1) is 0 Å². The molecule has 2 N–H and O–H groups in total. The summed E-state index contributed by atoms with van der Waals surface area (Å²) in [5, 5.41) is 0.568. The molecule has 0 unspecified atom stereocenters. The average molecular weight is 460 g/mol. The van der Waals surface area contributed by atoms with Gasteiger partial charge in [-0.2, -0.15) is 0 Å². The van der Waals surface area contributed by atoms with E-state index < -0.39 is 5.91 Å². The lowest BCUT2D eigenvalue weighted by atomic mass is 10.2. The van der Waals surface area contributed by atoms with Crippen molar-refractivity contribution in [2.75, 3.05) is 11.5 Å². The first kappa shape index (κ1) is 19.9. The monoisotopic (exact) mass is 458 g/mol. The summed E-state index contributed by atoms with van der Waals surface area (Å²) in [5.74, 6) is -0.676. The second-order valence-corrected chi connectivity index (χ2v) is 7.18. The van der Waals surface area contributed by atoms with Crippen LogP contribution in [-0.4, -0.2) is 18.4 Å². The Labute approximate surface area is 175 Å². The van der Waals surface area contributed by atoms with Crippen LogP contribution in [0.5, 0.6) is 5.75 Å². The lowest BCUT2D eigenvalue weighted by molar-refractivity contribution is -0.119. The first-order valence-electron chi connectivity index (χ1n) is 8.31. The smallest absolute Gasteiger partial charge is 0.269 e. The number of amides is 2. The highest BCUT2D eigenvalue weighted by Crippen LogP contribution is 2.28. The van der Waals surface area contributed by atoms with Gasteiger partial charge in [0.2, 0.25) is 0 Å². The zero-order valence-electron chi connectivity index (χ0n) is 14.6. The minimum Gasteiger partial charge on any atom is -0.483 e. The molecule has 0 bridgehead atoms. The number of carbonyl (C=O) groups is 2. The van der Waals surface area contributed by atoms with Gasteiger partial charge in [0.05, 0.1) is 5.56 Å². The van der Waals surface area contributed by atoms with E-state index >= 15 is 0 Å². The Morgan fingerprint density at radius 1 is 0.929 bits per heavy atom. The van der Waals surface area contributed by atoms with Crippen molar-refractivity contribution >= 4 is 50.7 Å². The highest BCUT2D eigenvalue weighted by Gasteiger charge is 2.20. The van der Waals surface area contributed by atoms with E-state index in [2.05, 4.69) is 15.9 Å². The molecule has 0 aliphatic carbocycles. The van der Waals surface area contributed by atoms with Gasteiger partial charge in [0.25, 0.3) is 11.8 Å². The Morgan fingerprint density at radius 3 is 2.11 bits per heavy atom. The molecule has 0 heterocycles. The number of hydrogen-bond donors (Lipinski definition) is 1. The molecule has 142 valence electrons. The molecule has 0 fully saturated rings. The van der Waals surface area contributed by atoms with Crippen molar-refractivity contribution in [1.29, 1.82) is 0 Å². The summed E-state index contributed by atoms with van der Waals surface area (Å²) in [6.45, 7) is -0.275. The van der Waals surface area contributed by atoms with E-state index in [-0.39, 0.29) is 23.8 Å². The van der Waals surface area contributed by atoms with Crippen molar-refractivity contribution in [2.45, 2.75) is 0 Å². The van der Waals surface area contributed by atoms with E-state index in [1.165, 1.54) is 4.90 Å². The summed E-state index contributed by atoms with van der Waals surface area (Å²) < 4.78 is 6.50. The minimum atomic E-state index is -0.620.